The van der Waals surface area contributed by atoms with Crippen molar-refractivity contribution < 1.29 is 9.59 Å². The number of fused-ring (bicyclic) bond motifs is 1. The Labute approximate surface area is 193 Å². The minimum Gasteiger partial charge on any atom is -0.285 e. The smallest absolute Gasteiger partial charge is 0.285 e. The average molecular weight is 495 g/mol. The van der Waals surface area contributed by atoms with Crippen LogP contribution in [0.3, 0.4) is 0 Å². The van der Waals surface area contributed by atoms with Gasteiger partial charge in [-0.05, 0) is 41.5 Å². The second-order valence-electron chi connectivity index (χ2n) is 7.46. The van der Waals surface area contributed by atoms with E-state index < -0.39 is 11.7 Å². The summed E-state index contributed by atoms with van der Waals surface area (Å²) < 4.78 is 0.993. The summed E-state index contributed by atoms with van der Waals surface area (Å²) in [5.74, 6) is -1.02. The van der Waals surface area contributed by atoms with Gasteiger partial charge in [0.15, 0.2) is 0 Å². The van der Waals surface area contributed by atoms with Gasteiger partial charge in [0.05, 0.1) is 23.0 Å². The van der Waals surface area contributed by atoms with Crippen LogP contribution in [-0.4, -0.2) is 29.1 Å². The SMILES string of the molecule is O=C1C(=O)N(CN2N=C(c3ccc(Br)cc3)CC2c2ccccc2Cl)c2ccccc21. The fraction of sp³-hybridized carbons (Fsp3) is 0.125. The molecule has 0 spiro atoms. The molecular weight excluding hydrogens is 478 g/mol. The maximum Gasteiger partial charge on any atom is 0.301 e. The van der Waals surface area contributed by atoms with Crippen LogP contribution in [0.1, 0.15) is 33.9 Å². The van der Waals surface area contributed by atoms with Crippen LogP contribution in [-0.2, 0) is 4.79 Å². The number of halogens is 2. The molecule has 0 saturated carbocycles. The van der Waals surface area contributed by atoms with Crippen LogP contribution in [0.25, 0.3) is 0 Å². The summed E-state index contributed by atoms with van der Waals surface area (Å²) in [7, 11) is 0. The van der Waals surface area contributed by atoms with Gasteiger partial charge >= 0.3 is 5.91 Å². The molecular formula is C24H17BrClN3O2. The van der Waals surface area contributed by atoms with Crippen molar-refractivity contribution in [2.45, 2.75) is 12.5 Å². The van der Waals surface area contributed by atoms with Crippen molar-refractivity contribution in [2.75, 3.05) is 11.6 Å². The predicted molar refractivity (Wildman–Crippen MR) is 124 cm³/mol. The predicted octanol–water partition coefficient (Wildman–Crippen LogP) is 5.44. The number of hydrogen-bond acceptors (Lipinski definition) is 4. The minimum atomic E-state index is -0.536. The molecule has 31 heavy (non-hydrogen) atoms. The molecule has 0 N–H and O–H groups in total. The number of ketones is 1. The normalized spacial score (nSPS) is 17.9. The molecule has 0 aromatic heterocycles. The van der Waals surface area contributed by atoms with Crippen LogP contribution < -0.4 is 4.90 Å². The number of amides is 1. The molecule has 0 radical (unpaired) electrons. The second-order valence-corrected chi connectivity index (χ2v) is 8.78. The zero-order valence-corrected chi connectivity index (χ0v) is 18.7. The lowest BCUT2D eigenvalue weighted by atomic mass is 9.98. The topological polar surface area (TPSA) is 53.0 Å². The summed E-state index contributed by atoms with van der Waals surface area (Å²) in [6.45, 7) is 0.164. The molecule has 5 rings (SSSR count). The Kier molecular flexibility index (Phi) is 5.12. The number of rotatable bonds is 4. The Morgan fingerprint density at radius 2 is 1.68 bits per heavy atom. The zero-order valence-electron chi connectivity index (χ0n) is 16.3. The fourth-order valence-corrected chi connectivity index (χ4v) is 4.58. The van der Waals surface area contributed by atoms with Gasteiger partial charge in [-0.1, -0.05) is 70.0 Å². The Hall–Kier alpha value is -2.96. The first kappa shape index (κ1) is 20.0. The van der Waals surface area contributed by atoms with Gasteiger partial charge in [0.1, 0.15) is 6.67 Å². The van der Waals surface area contributed by atoms with E-state index in [1.807, 2.05) is 59.6 Å². The van der Waals surface area contributed by atoms with Gasteiger partial charge in [-0.2, -0.15) is 5.10 Å². The molecule has 0 aliphatic carbocycles. The highest BCUT2D eigenvalue weighted by atomic mass is 79.9. The van der Waals surface area contributed by atoms with E-state index in [9.17, 15) is 9.59 Å². The molecule has 2 aliphatic rings. The lowest BCUT2D eigenvalue weighted by Crippen LogP contribution is -2.39. The maximum absolute atomic E-state index is 12.7. The molecule has 1 unspecified atom stereocenters. The first-order chi connectivity index (χ1) is 15.0. The fourth-order valence-electron chi connectivity index (χ4n) is 4.05. The molecule has 3 aromatic rings. The van der Waals surface area contributed by atoms with Gasteiger partial charge in [-0.25, -0.2) is 0 Å². The molecule has 0 fully saturated rings. The Morgan fingerprint density at radius 3 is 2.45 bits per heavy atom. The van der Waals surface area contributed by atoms with Gasteiger partial charge < -0.3 is 0 Å². The Morgan fingerprint density at radius 1 is 0.968 bits per heavy atom. The van der Waals surface area contributed by atoms with Crippen molar-refractivity contribution in [2.24, 2.45) is 5.10 Å². The molecule has 0 saturated heterocycles. The van der Waals surface area contributed by atoms with Gasteiger partial charge in [0.25, 0.3) is 5.78 Å². The molecule has 5 nitrogen and oxygen atoms in total. The summed E-state index contributed by atoms with van der Waals surface area (Å²) in [4.78, 5) is 26.6. The highest BCUT2D eigenvalue weighted by molar-refractivity contribution is 9.10. The number of Topliss-reactive ketones (excluding diaryl/α,β-unsaturated/α-hetero) is 1. The van der Waals surface area contributed by atoms with E-state index in [2.05, 4.69) is 15.9 Å². The summed E-state index contributed by atoms with van der Waals surface area (Å²) in [5, 5.41) is 7.35. The van der Waals surface area contributed by atoms with Crippen molar-refractivity contribution in [1.82, 2.24) is 5.01 Å². The first-order valence-corrected chi connectivity index (χ1v) is 11.0. The Balaban J connectivity index is 1.53. The number of benzene rings is 3. The van der Waals surface area contributed by atoms with Gasteiger partial charge in [-0.3, -0.25) is 19.5 Å². The van der Waals surface area contributed by atoms with Crippen LogP contribution in [0.15, 0.2) is 82.4 Å². The molecule has 2 heterocycles. The van der Waals surface area contributed by atoms with Gasteiger partial charge in [0, 0.05) is 15.9 Å². The van der Waals surface area contributed by atoms with E-state index in [-0.39, 0.29) is 12.7 Å². The summed E-state index contributed by atoms with van der Waals surface area (Å²) >= 11 is 9.98. The monoisotopic (exact) mass is 493 g/mol. The van der Waals surface area contributed by atoms with Crippen LogP contribution >= 0.6 is 27.5 Å². The summed E-state index contributed by atoms with van der Waals surface area (Å²) in [5.41, 5.74) is 3.89. The number of anilines is 1. The van der Waals surface area contributed by atoms with Gasteiger partial charge in [0.2, 0.25) is 0 Å². The number of hydrazone groups is 1. The highest BCUT2D eigenvalue weighted by Crippen LogP contribution is 2.38. The summed E-state index contributed by atoms with van der Waals surface area (Å²) in [6.07, 6.45) is 0.642. The van der Waals surface area contributed by atoms with Gasteiger partial charge in [-0.15, -0.1) is 0 Å². The van der Waals surface area contributed by atoms with E-state index in [1.165, 1.54) is 4.90 Å². The van der Waals surface area contributed by atoms with Crippen LogP contribution in [0, 0.1) is 0 Å². The van der Waals surface area contributed by atoms with E-state index >= 15 is 0 Å². The van der Waals surface area contributed by atoms with Crippen molar-refractivity contribution >= 4 is 50.6 Å². The molecule has 1 atom stereocenters. The number of hydrogen-bond donors (Lipinski definition) is 0. The second kappa shape index (κ2) is 7.94. The van der Waals surface area contributed by atoms with Crippen molar-refractivity contribution in [3.05, 3.63) is 99.0 Å². The third-order valence-corrected chi connectivity index (χ3v) is 6.48. The summed E-state index contributed by atoms with van der Waals surface area (Å²) in [6, 6.07) is 22.5. The van der Waals surface area contributed by atoms with Crippen molar-refractivity contribution in [1.29, 1.82) is 0 Å². The standard InChI is InChI=1S/C24H17BrClN3O2/c25-16-11-9-15(10-12-16)20-13-22(17-5-1-3-7-19(17)26)29(27-20)14-28-21-8-4-2-6-18(21)23(30)24(28)31/h1-12,22H,13-14H2. The van der Waals surface area contributed by atoms with E-state index in [1.54, 1.807) is 18.2 Å². The lowest BCUT2D eigenvalue weighted by molar-refractivity contribution is -0.114. The van der Waals surface area contributed by atoms with E-state index in [4.69, 9.17) is 16.7 Å². The third-order valence-electron chi connectivity index (χ3n) is 5.60. The maximum atomic E-state index is 12.7. The largest absolute Gasteiger partial charge is 0.301 e. The molecule has 154 valence electrons. The van der Waals surface area contributed by atoms with Crippen molar-refractivity contribution in [3.63, 3.8) is 0 Å². The number of para-hydroxylation sites is 1. The quantitative estimate of drug-likeness (QED) is 0.454. The number of nitrogens with zero attached hydrogens (tertiary/aromatic N) is 3. The Bertz CT molecular complexity index is 1230. The van der Waals surface area contributed by atoms with E-state index in [0.29, 0.717) is 22.7 Å². The average Bonchev–Trinajstić information content (AvgIpc) is 3.30. The molecule has 0 bridgehead atoms. The number of carbonyl (C=O) groups excluding carboxylic acids is 2. The molecule has 7 heteroatoms. The molecule has 3 aromatic carbocycles. The molecule has 2 aliphatic heterocycles. The lowest BCUT2D eigenvalue weighted by Gasteiger charge is -2.29. The highest BCUT2D eigenvalue weighted by Gasteiger charge is 2.39. The zero-order chi connectivity index (χ0) is 21.5. The van der Waals surface area contributed by atoms with E-state index in [0.717, 1.165) is 21.3 Å². The molecule has 1 amide bonds. The van der Waals surface area contributed by atoms with Crippen LogP contribution in [0.5, 0.6) is 0 Å². The van der Waals surface area contributed by atoms with Crippen LogP contribution in [0.2, 0.25) is 5.02 Å². The minimum absolute atomic E-state index is 0.150. The first-order valence-electron chi connectivity index (χ1n) is 9.82. The van der Waals surface area contributed by atoms with Crippen molar-refractivity contribution in [3.8, 4) is 0 Å². The van der Waals surface area contributed by atoms with Crippen LogP contribution in [0.4, 0.5) is 5.69 Å². The third kappa shape index (κ3) is 3.56. The number of carbonyl (C=O) groups is 2.